The number of anilines is 3. The van der Waals surface area contributed by atoms with Crippen molar-refractivity contribution < 1.29 is 22.5 Å². The van der Waals surface area contributed by atoms with Crippen LogP contribution in [0.25, 0.3) is 0 Å². The fourth-order valence-corrected chi connectivity index (χ4v) is 2.32. The van der Waals surface area contributed by atoms with E-state index >= 15 is 0 Å². The number of carbonyl (C=O) groups excluding carboxylic acids is 1. The number of hydrogen-bond donors (Lipinski definition) is 2. The van der Waals surface area contributed by atoms with Crippen LogP contribution in [0.5, 0.6) is 0 Å². The van der Waals surface area contributed by atoms with E-state index in [0.29, 0.717) is 5.76 Å². The van der Waals surface area contributed by atoms with Crippen molar-refractivity contribution in [3.8, 4) is 0 Å². The lowest BCUT2D eigenvalue weighted by Crippen LogP contribution is -2.12. The number of carbonyl (C=O) groups is 1. The van der Waals surface area contributed by atoms with Crippen LogP contribution in [-0.4, -0.2) is 16.0 Å². The standard InChI is InChI=1S/C17H12ClF3N4O2/c1-9-6-15(25-27-9)24-16(26)10-2-5-14(22-8-10)23-13-7-11(17(19,20)21)3-4-12(13)18/h2-8H,1H3,(H,22,23)(H,24,25,26). The number of aromatic nitrogens is 2. The van der Waals surface area contributed by atoms with Crippen molar-refractivity contribution >= 4 is 34.8 Å². The van der Waals surface area contributed by atoms with Crippen molar-refractivity contribution in [1.29, 1.82) is 0 Å². The van der Waals surface area contributed by atoms with Crippen molar-refractivity contribution in [2.45, 2.75) is 13.1 Å². The second-order valence-electron chi connectivity index (χ2n) is 5.53. The fourth-order valence-electron chi connectivity index (χ4n) is 2.15. The summed E-state index contributed by atoms with van der Waals surface area (Å²) in [4.78, 5) is 16.1. The van der Waals surface area contributed by atoms with Gasteiger partial charge in [-0.3, -0.25) is 4.79 Å². The number of nitrogens with zero attached hydrogens (tertiary/aromatic N) is 2. The number of pyridine rings is 1. The molecule has 1 amide bonds. The Labute approximate surface area is 156 Å². The summed E-state index contributed by atoms with van der Waals surface area (Å²) in [5.74, 6) is 0.570. The Hall–Kier alpha value is -3.07. The first-order valence-corrected chi connectivity index (χ1v) is 7.94. The van der Waals surface area contributed by atoms with Gasteiger partial charge in [-0.05, 0) is 37.3 Å². The third-order valence-corrected chi connectivity index (χ3v) is 3.78. The molecule has 0 aliphatic rings. The second-order valence-corrected chi connectivity index (χ2v) is 5.93. The lowest BCUT2D eigenvalue weighted by molar-refractivity contribution is -0.137. The Bertz CT molecular complexity index is 971. The van der Waals surface area contributed by atoms with Crippen molar-refractivity contribution in [3.05, 3.63) is 64.5 Å². The Morgan fingerprint density at radius 3 is 2.52 bits per heavy atom. The number of aryl methyl sites for hydroxylation is 1. The summed E-state index contributed by atoms with van der Waals surface area (Å²) >= 11 is 5.93. The molecule has 0 saturated heterocycles. The first-order chi connectivity index (χ1) is 12.7. The minimum absolute atomic E-state index is 0.0502. The molecular weight excluding hydrogens is 385 g/mol. The van der Waals surface area contributed by atoms with E-state index in [2.05, 4.69) is 20.8 Å². The third kappa shape index (κ3) is 4.56. The average molecular weight is 397 g/mol. The van der Waals surface area contributed by atoms with Gasteiger partial charge < -0.3 is 15.2 Å². The van der Waals surface area contributed by atoms with Gasteiger partial charge in [0.15, 0.2) is 5.82 Å². The van der Waals surface area contributed by atoms with E-state index in [1.165, 1.54) is 18.3 Å². The molecule has 0 spiro atoms. The maximum atomic E-state index is 12.8. The van der Waals surface area contributed by atoms with E-state index in [4.69, 9.17) is 16.1 Å². The van der Waals surface area contributed by atoms with Crippen molar-refractivity contribution in [1.82, 2.24) is 10.1 Å². The first kappa shape index (κ1) is 18.7. The maximum absolute atomic E-state index is 12.8. The lowest BCUT2D eigenvalue weighted by Gasteiger charge is -2.12. The molecule has 3 aromatic rings. The van der Waals surface area contributed by atoms with E-state index in [-0.39, 0.29) is 27.9 Å². The number of amides is 1. The largest absolute Gasteiger partial charge is 0.416 e. The molecule has 0 bridgehead atoms. The van der Waals surface area contributed by atoms with E-state index in [9.17, 15) is 18.0 Å². The van der Waals surface area contributed by atoms with Gasteiger partial charge in [0.1, 0.15) is 11.6 Å². The average Bonchev–Trinajstić information content (AvgIpc) is 3.01. The number of halogens is 4. The van der Waals surface area contributed by atoms with Gasteiger partial charge in [0.05, 0.1) is 21.8 Å². The summed E-state index contributed by atoms with van der Waals surface area (Å²) in [6.07, 6.45) is -3.22. The molecule has 6 nitrogen and oxygen atoms in total. The summed E-state index contributed by atoms with van der Waals surface area (Å²) in [6, 6.07) is 7.38. The normalized spacial score (nSPS) is 11.3. The molecule has 2 heterocycles. The number of rotatable bonds is 4. The molecule has 0 radical (unpaired) electrons. The highest BCUT2D eigenvalue weighted by Gasteiger charge is 2.31. The molecule has 2 N–H and O–H groups in total. The third-order valence-electron chi connectivity index (χ3n) is 3.45. The van der Waals surface area contributed by atoms with Gasteiger partial charge in [-0.2, -0.15) is 13.2 Å². The summed E-state index contributed by atoms with van der Waals surface area (Å²) < 4.78 is 43.3. The number of hydrogen-bond acceptors (Lipinski definition) is 5. The summed E-state index contributed by atoms with van der Waals surface area (Å²) in [5, 5.41) is 8.98. The molecule has 0 aliphatic carbocycles. The Balaban J connectivity index is 1.73. The van der Waals surface area contributed by atoms with Gasteiger partial charge in [-0.1, -0.05) is 16.8 Å². The van der Waals surface area contributed by atoms with Crippen LogP contribution in [0.3, 0.4) is 0 Å². The Morgan fingerprint density at radius 2 is 1.93 bits per heavy atom. The van der Waals surface area contributed by atoms with Crippen molar-refractivity contribution in [2.24, 2.45) is 0 Å². The van der Waals surface area contributed by atoms with Gasteiger partial charge in [0, 0.05) is 12.3 Å². The first-order valence-electron chi connectivity index (χ1n) is 7.57. The zero-order valence-corrected chi connectivity index (χ0v) is 14.5. The molecule has 27 heavy (non-hydrogen) atoms. The molecule has 2 aromatic heterocycles. The quantitative estimate of drug-likeness (QED) is 0.645. The summed E-state index contributed by atoms with van der Waals surface area (Å²) in [6.45, 7) is 1.68. The van der Waals surface area contributed by atoms with Crippen LogP contribution in [0, 0.1) is 6.92 Å². The zero-order valence-electron chi connectivity index (χ0n) is 13.8. The predicted octanol–water partition coefficient (Wildman–Crippen LogP) is 5.05. The topological polar surface area (TPSA) is 80.0 Å². The smallest absolute Gasteiger partial charge is 0.360 e. The van der Waals surface area contributed by atoms with Crippen LogP contribution in [0.2, 0.25) is 5.02 Å². The van der Waals surface area contributed by atoms with E-state index in [0.717, 1.165) is 18.2 Å². The van der Waals surface area contributed by atoms with E-state index in [1.807, 2.05) is 0 Å². The molecule has 1 aromatic carbocycles. The Morgan fingerprint density at radius 1 is 1.15 bits per heavy atom. The second kappa shape index (κ2) is 7.28. The molecule has 3 rings (SSSR count). The van der Waals surface area contributed by atoms with Crippen molar-refractivity contribution in [3.63, 3.8) is 0 Å². The van der Waals surface area contributed by atoms with Gasteiger partial charge >= 0.3 is 6.18 Å². The van der Waals surface area contributed by atoms with Gasteiger partial charge in [0.2, 0.25) is 0 Å². The summed E-state index contributed by atoms with van der Waals surface area (Å²) in [7, 11) is 0. The lowest BCUT2D eigenvalue weighted by atomic mass is 10.2. The Kier molecular flexibility index (Phi) is 5.04. The van der Waals surface area contributed by atoms with Crippen molar-refractivity contribution in [2.75, 3.05) is 10.6 Å². The SMILES string of the molecule is Cc1cc(NC(=O)c2ccc(Nc3cc(C(F)(F)F)ccc3Cl)nc2)no1. The molecule has 0 saturated carbocycles. The van der Waals surface area contributed by atoms with Crippen LogP contribution in [0.15, 0.2) is 47.1 Å². The monoisotopic (exact) mass is 396 g/mol. The number of alkyl halides is 3. The number of benzene rings is 1. The minimum Gasteiger partial charge on any atom is -0.360 e. The molecular formula is C17H12ClF3N4O2. The molecule has 140 valence electrons. The summed E-state index contributed by atoms with van der Waals surface area (Å²) in [5.41, 5.74) is -0.557. The molecule has 0 atom stereocenters. The molecule has 0 fully saturated rings. The molecule has 0 aliphatic heterocycles. The minimum atomic E-state index is -4.49. The zero-order chi connectivity index (χ0) is 19.6. The number of nitrogens with one attached hydrogen (secondary N) is 2. The maximum Gasteiger partial charge on any atom is 0.416 e. The van der Waals surface area contributed by atoms with E-state index < -0.39 is 17.6 Å². The highest BCUT2D eigenvalue weighted by atomic mass is 35.5. The van der Waals surface area contributed by atoms with E-state index in [1.54, 1.807) is 13.0 Å². The van der Waals surface area contributed by atoms with Crippen LogP contribution >= 0.6 is 11.6 Å². The highest BCUT2D eigenvalue weighted by Crippen LogP contribution is 2.34. The van der Waals surface area contributed by atoms with Gasteiger partial charge in [-0.25, -0.2) is 4.98 Å². The molecule has 0 unspecified atom stereocenters. The fraction of sp³-hybridized carbons (Fsp3) is 0.118. The van der Waals surface area contributed by atoms with Crippen LogP contribution in [-0.2, 0) is 6.18 Å². The van der Waals surface area contributed by atoms with Crippen LogP contribution in [0.4, 0.5) is 30.5 Å². The predicted molar refractivity (Wildman–Crippen MR) is 93.2 cm³/mol. The van der Waals surface area contributed by atoms with Crippen LogP contribution < -0.4 is 10.6 Å². The highest BCUT2D eigenvalue weighted by molar-refractivity contribution is 6.33. The van der Waals surface area contributed by atoms with Gasteiger partial charge in [-0.15, -0.1) is 0 Å². The van der Waals surface area contributed by atoms with Gasteiger partial charge in [0.25, 0.3) is 5.91 Å². The van der Waals surface area contributed by atoms with Crippen LogP contribution in [0.1, 0.15) is 21.7 Å². The molecule has 10 heteroatoms.